The number of fused-ring (bicyclic) bond motifs is 1. The first-order valence-corrected chi connectivity index (χ1v) is 6.32. The number of hydrogen-bond donors (Lipinski definition) is 0. The van der Waals surface area contributed by atoms with E-state index >= 15 is 0 Å². The van der Waals surface area contributed by atoms with Crippen molar-refractivity contribution in [2.75, 3.05) is 0 Å². The predicted molar refractivity (Wildman–Crippen MR) is 67.1 cm³/mol. The van der Waals surface area contributed by atoms with Crippen molar-refractivity contribution >= 4 is 0 Å². The highest BCUT2D eigenvalue weighted by Gasteiger charge is 2.19. The fraction of sp³-hybridized carbons (Fsp3) is 0.333. The van der Waals surface area contributed by atoms with E-state index < -0.39 is 11.6 Å². The minimum Gasteiger partial charge on any atom is -0.315 e. The monoisotopic (exact) mass is 247 g/mol. The van der Waals surface area contributed by atoms with Crippen LogP contribution in [-0.4, -0.2) is 4.57 Å². The highest BCUT2D eigenvalue weighted by Crippen LogP contribution is 2.29. The zero-order chi connectivity index (χ0) is 12.7. The van der Waals surface area contributed by atoms with Crippen LogP contribution in [0, 0.1) is 18.6 Å². The third-order valence-corrected chi connectivity index (χ3v) is 3.64. The predicted octanol–water partition coefficient (Wildman–Crippen LogP) is 3.94. The minimum atomic E-state index is -0.532. The maximum absolute atomic E-state index is 13.9. The molecule has 0 saturated heterocycles. The van der Waals surface area contributed by atoms with E-state index in [-0.39, 0.29) is 0 Å². The summed E-state index contributed by atoms with van der Waals surface area (Å²) < 4.78 is 28.8. The van der Waals surface area contributed by atoms with E-state index in [1.807, 2.05) is 11.5 Å². The van der Waals surface area contributed by atoms with Crippen LogP contribution in [0.15, 0.2) is 24.3 Å². The maximum atomic E-state index is 13.9. The van der Waals surface area contributed by atoms with Crippen molar-refractivity contribution < 1.29 is 8.78 Å². The Hall–Kier alpha value is -1.64. The van der Waals surface area contributed by atoms with Crippen molar-refractivity contribution in [1.82, 2.24) is 4.57 Å². The molecule has 1 heterocycles. The Morgan fingerprint density at radius 3 is 2.61 bits per heavy atom. The Morgan fingerprint density at radius 1 is 1.06 bits per heavy atom. The molecule has 0 amide bonds. The van der Waals surface area contributed by atoms with Gasteiger partial charge in [-0.05, 0) is 56.4 Å². The summed E-state index contributed by atoms with van der Waals surface area (Å²) in [5, 5.41) is 0. The topological polar surface area (TPSA) is 4.93 Å². The molecule has 0 spiro atoms. The molecule has 18 heavy (non-hydrogen) atoms. The van der Waals surface area contributed by atoms with Crippen molar-refractivity contribution in [2.24, 2.45) is 0 Å². The fourth-order valence-corrected chi connectivity index (χ4v) is 2.85. The van der Waals surface area contributed by atoms with Crippen molar-refractivity contribution in [3.05, 3.63) is 52.9 Å². The Bertz CT molecular complexity index is 599. The van der Waals surface area contributed by atoms with Crippen LogP contribution < -0.4 is 0 Å². The number of rotatable bonds is 1. The molecule has 1 aliphatic rings. The average Bonchev–Trinajstić information content (AvgIpc) is 2.66. The van der Waals surface area contributed by atoms with Gasteiger partial charge in [0.05, 0.1) is 5.69 Å². The number of hydrogen-bond acceptors (Lipinski definition) is 0. The Balaban J connectivity index is 2.19. The highest BCUT2D eigenvalue weighted by atomic mass is 19.1. The van der Waals surface area contributed by atoms with Crippen LogP contribution >= 0.6 is 0 Å². The molecule has 0 aliphatic heterocycles. The normalized spacial score (nSPS) is 14.6. The quantitative estimate of drug-likeness (QED) is 0.719. The van der Waals surface area contributed by atoms with Crippen LogP contribution in [0.1, 0.15) is 29.8 Å². The van der Waals surface area contributed by atoms with E-state index in [2.05, 4.69) is 6.07 Å². The summed E-state index contributed by atoms with van der Waals surface area (Å²) >= 11 is 0. The Kier molecular flexibility index (Phi) is 2.69. The number of nitrogens with zero attached hydrogens (tertiary/aromatic N) is 1. The molecule has 0 saturated carbocycles. The van der Waals surface area contributed by atoms with E-state index in [0.717, 1.165) is 31.0 Å². The van der Waals surface area contributed by atoms with Gasteiger partial charge in [-0.2, -0.15) is 0 Å². The van der Waals surface area contributed by atoms with E-state index in [1.54, 1.807) is 0 Å². The zero-order valence-corrected chi connectivity index (χ0v) is 10.3. The fourth-order valence-electron chi connectivity index (χ4n) is 2.85. The molecule has 1 aromatic carbocycles. The van der Waals surface area contributed by atoms with Gasteiger partial charge >= 0.3 is 0 Å². The van der Waals surface area contributed by atoms with Crippen molar-refractivity contribution in [3.8, 4) is 5.69 Å². The number of benzene rings is 1. The molecule has 3 rings (SSSR count). The van der Waals surface area contributed by atoms with Gasteiger partial charge in [-0.25, -0.2) is 8.78 Å². The highest BCUT2D eigenvalue weighted by molar-refractivity contribution is 5.43. The van der Waals surface area contributed by atoms with Crippen molar-refractivity contribution in [3.63, 3.8) is 0 Å². The smallest absolute Gasteiger partial charge is 0.150 e. The van der Waals surface area contributed by atoms with Crippen LogP contribution in [0.2, 0.25) is 0 Å². The first kappa shape index (κ1) is 11.5. The standard InChI is InChI=1S/C15H15F2N/c1-10-8-11-4-2-3-5-14(11)18(10)15-7-6-12(16)9-13(15)17/h6-9H,2-5H2,1H3. The molecule has 0 bridgehead atoms. The molecule has 1 aliphatic carbocycles. The number of aromatic nitrogens is 1. The Morgan fingerprint density at radius 2 is 1.83 bits per heavy atom. The van der Waals surface area contributed by atoms with Crippen LogP contribution in [0.3, 0.4) is 0 Å². The van der Waals surface area contributed by atoms with Gasteiger partial charge < -0.3 is 4.57 Å². The van der Waals surface area contributed by atoms with Crippen LogP contribution in [0.5, 0.6) is 0 Å². The molecule has 3 heteroatoms. The third kappa shape index (κ3) is 1.74. The van der Waals surface area contributed by atoms with Crippen LogP contribution in [-0.2, 0) is 12.8 Å². The number of halogens is 2. The first-order valence-electron chi connectivity index (χ1n) is 6.32. The van der Waals surface area contributed by atoms with E-state index in [1.165, 1.54) is 29.8 Å². The maximum Gasteiger partial charge on any atom is 0.150 e. The summed E-state index contributed by atoms with van der Waals surface area (Å²) in [4.78, 5) is 0. The molecule has 2 aromatic rings. The molecule has 0 radical (unpaired) electrons. The summed E-state index contributed by atoms with van der Waals surface area (Å²) in [5.41, 5.74) is 3.97. The van der Waals surface area contributed by atoms with E-state index in [9.17, 15) is 8.78 Å². The molecule has 94 valence electrons. The van der Waals surface area contributed by atoms with Gasteiger partial charge in [0.1, 0.15) is 11.6 Å². The summed E-state index contributed by atoms with van der Waals surface area (Å²) in [6.07, 6.45) is 4.37. The van der Waals surface area contributed by atoms with Crippen LogP contribution in [0.25, 0.3) is 5.69 Å². The molecule has 0 unspecified atom stereocenters. The lowest BCUT2D eigenvalue weighted by atomic mass is 9.98. The average molecular weight is 247 g/mol. The molecule has 0 atom stereocenters. The van der Waals surface area contributed by atoms with Crippen molar-refractivity contribution in [1.29, 1.82) is 0 Å². The molecule has 1 aromatic heterocycles. The second-order valence-electron chi connectivity index (χ2n) is 4.90. The van der Waals surface area contributed by atoms with Crippen molar-refractivity contribution in [2.45, 2.75) is 32.6 Å². The molecule has 0 N–H and O–H groups in total. The summed E-state index contributed by atoms with van der Waals surface area (Å²) in [5.74, 6) is -1.03. The molecular formula is C15H15F2N. The summed E-state index contributed by atoms with van der Waals surface area (Å²) in [6.45, 7) is 1.97. The van der Waals surface area contributed by atoms with E-state index in [4.69, 9.17) is 0 Å². The lowest BCUT2D eigenvalue weighted by Crippen LogP contribution is -2.09. The summed E-state index contributed by atoms with van der Waals surface area (Å²) in [7, 11) is 0. The molecule has 0 fully saturated rings. The van der Waals surface area contributed by atoms with Gasteiger partial charge in [0.15, 0.2) is 0 Å². The first-order chi connectivity index (χ1) is 8.66. The third-order valence-electron chi connectivity index (χ3n) is 3.64. The SMILES string of the molecule is Cc1cc2c(n1-c1ccc(F)cc1F)CCCC2. The van der Waals surface area contributed by atoms with Gasteiger partial charge in [-0.3, -0.25) is 0 Å². The zero-order valence-electron chi connectivity index (χ0n) is 10.3. The van der Waals surface area contributed by atoms with Gasteiger partial charge in [0, 0.05) is 17.5 Å². The Labute approximate surface area is 105 Å². The minimum absolute atomic E-state index is 0.456. The number of aryl methyl sites for hydroxylation is 2. The van der Waals surface area contributed by atoms with Gasteiger partial charge in [0.25, 0.3) is 0 Å². The molecule has 1 nitrogen and oxygen atoms in total. The largest absolute Gasteiger partial charge is 0.315 e. The lowest BCUT2D eigenvalue weighted by molar-refractivity contribution is 0.573. The van der Waals surface area contributed by atoms with Gasteiger partial charge in [0.2, 0.25) is 0 Å². The summed E-state index contributed by atoms with van der Waals surface area (Å²) in [6, 6.07) is 5.90. The second kappa shape index (κ2) is 4.23. The molecular weight excluding hydrogens is 232 g/mol. The lowest BCUT2D eigenvalue weighted by Gasteiger charge is -2.17. The van der Waals surface area contributed by atoms with Gasteiger partial charge in [-0.1, -0.05) is 0 Å². The van der Waals surface area contributed by atoms with Crippen LogP contribution in [0.4, 0.5) is 8.78 Å². The van der Waals surface area contributed by atoms with Gasteiger partial charge in [-0.15, -0.1) is 0 Å². The second-order valence-corrected chi connectivity index (χ2v) is 4.90. The van der Waals surface area contributed by atoms with E-state index in [0.29, 0.717) is 5.69 Å².